The highest BCUT2D eigenvalue weighted by molar-refractivity contribution is 5.35. The van der Waals surface area contributed by atoms with Crippen LogP contribution >= 0.6 is 0 Å². The number of rotatable bonds is 3. The lowest BCUT2D eigenvalue weighted by molar-refractivity contribution is -0.138. The van der Waals surface area contributed by atoms with E-state index in [1.807, 2.05) is 33.8 Å². The van der Waals surface area contributed by atoms with Crippen LogP contribution in [0.25, 0.3) is 0 Å². The molecule has 0 nitrogen and oxygen atoms in total. The Hall–Kier alpha value is -1.91. The summed E-state index contributed by atoms with van der Waals surface area (Å²) in [5.74, 6) is 0.426. The molecule has 0 fully saturated rings. The molecule has 0 atom stereocenters. The molecule has 5 heteroatoms. The van der Waals surface area contributed by atoms with Crippen molar-refractivity contribution in [1.82, 2.24) is 0 Å². The van der Waals surface area contributed by atoms with Crippen molar-refractivity contribution in [3.63, 3.8) is 0 Å². The zero-order chi connectivity index (χ0) is 20.9. The molecule has 27 heavy (non-hydrogen) atoms. The van der Waals surface area contributed by atoms with Crippen LogP contribution in [0, 0.1) is 13.8 Å². The second-order valence-corrected chi connectivity index (χ2v) is 7.30. The fourth-order valence-electron chi connectivity index (χ4n) is 2.56. The third kappa shape index (κ3) is 6.64. The lowest BCUT2D eigenvalue weighted by atomic mass is 9.98. The first-order valence-corrected chi connectivity index (χ1v) is 8.90. The van der Waals surface area contributed by atoms with E-state index in [-0.39, 0.29) is 17.0 Å². The van der Waals surface area contributed by atoms with Gasteiger partial charge in [-0.2, -0.15) is 13.2 Å². The molecule has 150 valence electrons. The molecule has 2 aromatic carbocycles. The van der Waals surface area contributed by atoms with Gasteiger partial charge in [0.25, 0.3) is 6.43 Å². The van der Waals surface area contributed by atoms with Gasteiger partial charge < -0.3 is 0 Å². The van der Waals surface area contributed by atoms with Gasteiger partial charge in [0, 0.05) is 5.56 Å². The molecular formula is C22H27F5. The Morgan fingerprint density at radius 3 is 1.56 bits per heavy atom. The summed E-state index contributed by atoms with van der Waals surface area (Å²) in [5, 5.41) is 0. The van der Waals surface area contributed by atoms with Gasteiger partial charge in [-0.1, -0.05) is 52.0 Å². The van der Waals surface area contributed by atoms with Crippen LogP contribution in [0.3, 0.4) is 0 Å². The predicted molar refractivity (Wildman–Crippen MR) is 100 cm³/mol. The lowest BCUT2D eigenvalue weighted by Crippen LogP contribution is -2.08. The predicted octanol–water partition coefficient (Wildman–Crippen LogP) is 8.19. The van der Waals surface area contributed by atoms with Crippen molar-refractivity contribution in [1.29, 1.82) is 0 Å². The van der Waals surface area contributed by atoms with Gasteiger partial charge in [-0.15, -0.1) is 0 Å². The van der Waals surface area contributed by atoms with Crippen molar-refractivity contribution in [2.45, 2.75) is 66.0 Å². The molecule has 0 aliphatic carbocycles. The summed E-state index contributed by atoms with van der Waals surface area (Å²) in [7, 11) is 0. The molecule has 0 aliphatic heterocycles. The highest BCUT2D eigenvalue weighted by atomic mass is 19.4. The van der Waals surface area contributed by atoms with Crippen LogP contribution in [0.2, 0.25) is 0 Å². The van der Waals surface area contributed by atoms with Crippen LogP contribution in [0.1, 0.15) is 79.3 Å². The monoisotopic (exact) mass is 386 g/mol. The molecular weight excluding hydrogens is 359 g/mol. The average Bonchev–Trinajstić information content (AvgIpc) is 2.54. The van der Waals surface area contributed by atoms with E-state index in [9.17, 15) is 22.0 Å². The minimum atomic E-state index is -4.24. The Labute approximate surface area is 158 Å². The number of benzene rings is 2. The first-order valence-electron chi connectivity index (χ1n) is 8.90. The number of alkyl halides is 5. The van der Waals surface area contributed by atoms with Gasteiger partial charge in [-0.05, 0) is 60.1 Å². The standard InChI is InChI=1S/C11H13F3.C11H14F2/c1-7(2)9-5-4-8(3)10(6-9)11(12,13)14;1-7(2)9-5-4-8(3)10(6-9)11(12)13/h4-7H,1-3H3;4-7,11H,1-3H3. The minimum absolute atomic E-state index is 0.122. The molecule has 0 spiro atoms. The molecule has 0 amide bonds. The summed E-state index contributed by atoms with van der Waals surface area (Å²) in [5.41, 5.74) is 2.28. The van der Waals surface area contributed by atoms with E-state index >= 15 is 0 Å². The van der Waals surface area contributed by atoms with Crippen molar-refractivity contribution < 1.29 is 22.0 Å². The van der Waals surface area contributed by atoms with Gasteiger partial charge >= 0.3 is 6.18 Å². The second kappa shape index (κ2) is 9.34. The Balaban J connectivity index is 0.000000271. The smallest absolute Gasteiger partial charge is 0.205 e. The quantitative estimate of drug-likeness (QED) is 0.466. The molecule has 2 aromatic rings. The van der Waals surface area contributed by atoms with Crippen molar-refractivity contribution in [2.75, 3.05) is 0 Å². The summed E-state index contributed by atoms with van der Waals surface area (Å²) < 4.78 is 62.4. The van der Waals surface area contributed by atoms with Crippen LogP contribution in [-0.4, -0.2) is 0 Å². The van der Waals surface area contributed by atoms with E-state index in [4.69, 9.17) is 0 Å². The highest BCUT2D eigenvalue weighted by Crippen LogP contribution is 2.33. The summed E-state index contributed by atoms with van der Waals surface area (Å²) in [6, 6.07) is 9.78. The van der Waals surface area contributed by atoms with Gasteiger partial charge in [0.2, 0.25) is 0 Å². The molecule has 0 heterocycles. The summed E-state index contributed by atoms with van der Waals surface area (Å²) >= 11 is 0. The summed E-state index contributed by atoms with van der Waals surface area (Å²) in [4.78, 5) is 0. The topological polar surface area (TPSA) is 0 Å². The van der Waals surface area contributed by atoms with Gasteiger partial charge in [-0.3, -0.25) is 0 Å². The largest absolute Gasteiger partial charge is 0.416 e. The Bertz CT molecular complexity index is 743. The van der Waals surface area contributed by atoms with Crippen LogP contribution in [-0.2, 0) is 6.18 Å². The van der Waals surface area contributed by atoms with Gasteiger partial charge in [0.1, 0.15) is 0 Å². The molecule has 0 aliphatic rings. The lowest BCUT2D eigenvalue weighted by Gasteiger charge is -2.13. The maximum Gasteiger partial charge on any atom is 0.416 e. The first-order chi connectivity index (χ1) is 12.3. The molecule has 0 radical (unpaired) electrons. The number of hydrogen-bond donors (Lipinski definition) is 0. The van der Waals surface area contributed by atoms with Crippen molar-refractivity contribution in [2.24, 2.45) is 0 Å². The summed E-state index contributed by atoms with van der Waals surface area (Å²) in [6.45, 7) is 11.0. The Morgan fingerprint density at radius 1 is 0.704 bits per heavy atom. The van der Waals surface area contributed by atoms with Crippen molar-refractivity contribution >= 4 is 0 Å². The van der Waals surface area contributed by atoms with E-state index in [0.29, 0.717) is 11.5 Å². The molecule has 0 aromatic heterocycles. The number of aryl methyl sites for hydroxylation is 2. The van der Waals surface area contributed by atoms with Crippen LogP contribution in [0.15, 0.2) is 36.4 Å². The average molecular weight is 386 g/mol. The van der Waals surface area contributed by atoms with Crippen LogP contribution in [0.4, 0.5) is 22.0 Å². The molecule has 0 saturated carbocycles. The van der Waals surface area contributed by atoms with Crippen LogP contribution < -0.4 is 0 Å². The maximum absolute atomic E-state index is 12.5. The van der Waals surface area contributed by atoms with E-state index in [1.54, 1.807) is 25.1 Å². The highest BCUT2D eigenvalue weighted by Gasteiger charge is 2.32. The minimum Gasteiger partial charge on any atom is -0.205 e. The molecule has 0 bridgehead atoms. The zero-order valence-electron chi connectivity index (χ0n) is 16.6. The Morgan fingerprint density at radius 2 is 1.15 bits per heavy atom. The van der Waals surface area contributed by atoms with E-state index < -0.39 is 18.2 Å². The SMILES string of the molecule is Cc1ccc(C(C)C)cc1C(F)(F)F.Cc1ccc(C(C)C)cc1C(F)F. The second-order valence-electron chi connectivity index (χ2n) is 7.30. The molecule has 0 unspecified atom stereocenters. The van der Waals surface area contributed by atoms with E-state index in [2.05, 4.69) is 0 Å². The van der Waals surface area contributed by atoms with Gasteiger partial charge in [-0.25, -0.2) is 8.78 Å². The first kappa shape index (κ1) is 23.1. The van der Waals surface area contributed by atoms with Crippen molar-refractivity contribution in [3.05, 3.63) is 69.8 Å². The normalized spacial score (nSPS) is 11.8. The fourth-order valence-corrected chi connectivity index (χ4v) is 2.56. The molecule has 0 N–H and O–H groups in total. The van der Waals surface area contributed by atoms with Gasteiger partial charge in [0.15, 0.2) is 0 Å². The Kier molecular flexibility index (Phi) is 8.00. The third-order valence-corrected chi connectivity index (χ3v) is 4.44. The van der Waals surface area contributed by atoms with Crippen LogP contribution in [0.5, 0.6) is 0 Å². The maximum atomic E-state index is 12.5. The molecule has 2 rings (SSSR count). The summed E-state index contributed by atoms with van der Waals surface area (Å²) in [6.07, 6.45) is -6.60. The third-order valence-electron chi connectivity index (χ3n) is 4.44. The molecule has 0 saturated heterocycles. The number of halogens is 5. The fraction of sp³-hybridized carbons (Fsp3) is 0.455. The van der Waals surface area contributed by atoms with Crippen molar-refractivity contribution in [3.8, 4) is 0 Å². The van der Waals surface area contributed by atoms with E-state index in [1.165, 1.54) is 19.1 Å². The van der Waals surface area contributed by atoms with Gasteiger partial charge in [0.05, 0.1) is 5.56 Å². The van der Waals surface area contributed by atoms with E-state index in [0.717, 1.165) is 11.1 Å². The zero-order valence-corrected chi connectivity index (χ0v) is 16.6. The number of hydrogen-bond acceptors (Lipinski definition) is 0.